The van der Waals surface area contributed by atoms with Crippen LogP contribution in [0, 0.1) is 27.5 Å². The van der Waals surface area contributed by atoms with Crippen molar-refractivity contribution in [2.45, 2.75) is 13.8 Å². The topological polar surface area (TPSA) is 130 Å². The van der Waals surface area contributed by atoms with Gasteiger partial charge in [-0.25, -0.2) is 5.43 Å². The molecule has 0 saturated heterocycles. The number of nitrogens with zero attached hydrogens (tertiary/aromatic N) is 5. The van der Waals surface area contributed by atoms with Crippen molar-refractivity contribution >= 4 is 63.7 Å². The smallest absolute Gasteiger partial charge is 0.269 e. The Bertz CT molecular complexity index is 1390. The van der Waals surface area contributed by atoms with E-state index in [9.17, 15) is 10.1 Å². The fourth-order valence-corrected chi connectivity index (χ4v) is 3.60. The summed E-state index contributed by atoms with van der Waals surface area (Å²) in [5, 5.41) is 21.4. The Kier molecular flexibility index (Phi) is 7.45. The highest BCUT2D eigenvalue weighted by Gasteiger charge is 2.10. The van der Waals surface area contributed by atoms with Gasteiger partial charge in [-0.1, -0.05) is 18.2 Å². The summed E-state index contributed by atoms with van der Waals surface area (Å²) in [6, 6.07) is 19.8. The van der Waals surface area contributed by atoms with Gasteiger partial charge in [0.25, 0.3) is 5.69 Å². The Hall–Kier alpha value is -4.13. The van der Waals surface area contributed by atoms with Crippen LogP contribution in [0.2, 0.25) is 0 Å². The van der Waals surface area contributed by atoms with Crippen molar-refractivity contribution in [3.05, 3.63) is 97.1 Å². The molecule has 0 bridgehead atoms. The lowest BCUT2D eigenvalue weighted by Crippen LogP contribution is -2.07. The molecule has 3 aromatic carbocycles. The number of benzene rings is 3. The fraction of sp³-hybridized carbons (Fsp3) is 0.0833. The van der Waals surface area contributed by atoms with Gasteiger partial charge in [0.2, 0.25) is 17.8 Å². The lowest BCUT2D eigenvalue weighted by molar-refractivity contribution is -0.384. The zero-order valence-electron chi connectivity index (χ0n) is 18.9. The third kappa shape index (κ3) is 6.69. The minimum atomic E-state index is -0.452. The maximum atomic E-state index is 10.9. The molecule has 3 N–H and O–H groups in total. The van der Waals surface area contributed by atoms with Crippen LogP contribution in [0.3, 0.4) is 0 Å². The van der Waals surface area contributed by atoms with E-state index in [4.69, 9.17) is 0 Å². The molecule has 176 valence electrons. The number of nitro groups is 1. The normalized spacial score (nSPS) is 10.8. The highest BCUT2D eigenvalue weighted by Crippen LogP contribution is 2.22. The lowest BCUT2D eigenvalue weighted by atomic mass is 10.1. The molecule has 0 spiro atoms. The molecule has 0 amide bonds. The van der Waals surface area contributed by atoms with Crippen LogP contribution in [-0.2, 0) is 0 Å². The van der Waals surface area contributed by atoms with Crippen LogP contribution >= 0.6 is 22.6 Å². The van der Waals surface area contributed by atoms with Crippen LogP contribution in [0.5, 0.6) is 0 Å². The van der Waals surface area contributed by atoms with E-state index >= 15 is 0 Å². The molecule has 0 saturated carbocycles. The van der Waals surface area contributed by atoms with Gasteiger partial charge < -0.3 is 10.6 Å². The summed E-state index contributed by atoms with van der Waals surface area (Å²) in [4.78, 5) is 23.7. The first kappa shape index (κ1) is 24.0. The molecule has 4 rings (SSSR count). The van der Waals surface area contributed by atoms with Crippen LogP contribution in [0.15, 0.2) is 71.8 Å². The Morgan fingerprint density at radius 3 is 2.17 bits per heavy atom. The van der Waals surface area contributed by atoms with E-state index in [0.29, 0.717) is 11.6 Å². The summed E-state index contributed by atoms with van der Waals surface area (Å²) in [7, 11) is 0. The van der Waals surface area contributed by atoms with E-state index in [1.54, 1.807) is 18.3 Å². The summed E-state index contributed by atoms with van der Waals surface area (Å²) in [6.45, 7) is 4.07. The maximum absolute atomic E-state index is 10.9. The SMILES string of the molecule is Cc1ccc(Nc2nc(N/N=C/c3cccc(I)c3)nc(Nc3ccc([N+](=O)[O-])cc3)n2)cc1C. The van der Waals surface area contributed by atoms with Gasteiger partial charge in [-0.05, 0) is 89.5 Å². The van der Waals surface area contributed by atoms with Gasteiger partial charge in [0.1, 0.15) is 0 Å². The van der Waals surface area contributed by atoms with Crippen molar-refractivity contribution in [2.24, 2.45) is 5.10 Å². The van der Waals surface area contributed by atoms with Crippen LogP contribution in [0.1, 0.15) is 16.7 Å². The summed E-state index contributed by atoms with van der Waals surface area (Å²) >= 11 is 2.24. The van der Waals surface area contributed by atoms with Gasteiger partial charge in [-0.15, -0.1) is 0 Å². The van der Waals surface area contributed by atoms with E-state index < -0.39 is 4.92 Å². The first-order valence-corrected chi connectivity index (χ1v) is 11.6. The highest BCUT2D eigenvalue weighted by molar-refractivity contribution is 14.1. The monoisotopic (exact) mass is 580 g/mol. The molecule has 0 unspecified atom stereocenters. The third-order valence-electron chi connectivity index (χ3n) is 4.96. The molecule has 4 aromatic rings. The van der Waals surface area contributed by atoms with Crippen molar-refractivity contribution < 1.29 is 4.92 Å². The number of aryl methyl sites for hydroxylation is 2. The van der Waals surface area contributed by atoms with Gasteiger partial charge in [-0.3, -0.25) is 10.1 Å². The molecule has 0 aliphatic heterocycles. The lowest BCUT2D eigenvalue weighted by Gasteiger charge is -2.11. The number of halogens is 1. The van der Waals surface area contributed by atoms with Crippen molar-refractivity contribution in [1.82, 2.24) is 15.0 Å². The molecule has 10 nitrogen and oxygen atoms in total. The number of hydrogen-bond donors (Lipinski definition) is 3. The van der Waals surface area contributed by atoms with Crippen molar-refractivity contribution in [1.29, 1.82) is 0 Å². The molecule has 0 aliphatic carbocycles. The molecule has 0 fully saturated rings. The van der Waals surface area contributed by atoms with Crippen molar-refractivity contribution in [3.63, 3.8) is 0 Å². The highest BCUT2D eigenvalue weighted by atomic mass is 127. The molecule has 0 aliphatic rings. The number of anilines is 5. The largest absolute Gasteiger partial charge is 0.324 e. The molecular weight excluding hydrogens is 559 g/mol. The van der Waals surface area contributed by atoms with Crippen molar-refractivity contribution in [2.75, 3.05) is 16.1 Å². The molecule has 1 aromatic heterocycles. The van der Waals surface area contributed by atoms with Crippen LogP contribution in [0.25, 0.3) is 0 Å². The van der Waals surface area contributed by atoms with E-state index in [1.165, 1.54) is 17.7 Å². The van der Waals surface area contributed by atoms with Crippen LogP contribution in [-0.4, -0.2) is 26.1 Å². The number of nitro benzene ring substituents is 1. The van der Waals surface area contributed by atoms with Gasteiger partial charge in [0.15, 0.2) is 0 Å². The second-order valence-corrected chi connectivity index (χ2v) is 8.83. The number of hydrogen-bond acceptors (Lipinski definition) is 9. The van der Waals surface area contributed by atoms with E-state index in [1.807, 2.05) is 56.3 Å². The third-order valence-corrected chi connectivity index (χ3v) is 5.63. The Morgan fingerprint density at radius 1 is 0.857 bits per heavy atom. The van der Waals surface area contributed by atoms with Gasteiger partial charge in [0, 0.05) is 27.1 Å². The van der Waals surface area contributed by atoms with Crippen LogP contribution in [0.4, 0.5) is 34.9 Å². The van der Waals surface area contributed by atoms with Gasteiger partial charge in [-0.2, -0.15) is 20.1 Å². The summed E-state index contributed by atoms with van der Waals surface area (Å²) < 4.78 is 1.10. The zero-order valence-corrected chi connectivity index (χ0v) is 21.0. The number of non-ortho nitro benzene ring substituents is 1. The summed E-state index contributed by atoms with van der Waals surface area (Å²) in [5.41, 5.74) is 7.50. The number of rotatable bonds is 8. The fourth-order valence-electron chi connectivity index (χ4n) is 3.03. The standard InChI is InChI=1S/C24H21IN8O2/c1-15-6-7-20(12-16(15)2)28-23-29-22(27-19-8-10-21(11-9-19)33(34)35)30-24(31-23)32-26-14-17-4-3-5-18(25)13-17/h3-14H,1-2H3,(H3,27,28,29,30,31,32)/b26-14+. The molecule has 11 heteroatoms. The quantitative estimate of drug-likeness (QED) is 0.101. The average Bonchev–Trinajstić information content (AvgIpc) is 2.82. The Balaban J connectivity index is 1.60. The minimum absolute atomic E-state index is 0.00411. The van der Waals surface area contributed by atoms with Crippen LogP contribution < -0.4 is 16.1 Å². The number of nitrogens with one attached hydrogen (secondary N) is 3. The molecular formula is C24H21IN8O2. The Labute approximate surface area is 215 Å². The zero-order chi connectivity index (χ0) is 24.8. The first-order valence-electron chi connectivity index (χ1n) is 10.5. The van der Waals surface area contributed by atoms with Crippen molar-refractivity contribution in [3.8, 4) is 0 Å². The molecule has 35 heavy (non-hydrogen) atoms. The van der Waals surface area contributed by atoms with E-state index in [-0.39, 0.29) is 17.6 Å². The first-order chi connectivity index (χ1) is 16.9. The minimum Gasteiger partial charge on any atom is -0.324 e. The van der Waals surface area contributed by atoms with Gasteiger partial charge >= 0.3 is 0 Å². The summed E-state index contributed by atoms with van der Waals surface area (Å²) in [6.07, 6.45) is 1.67. The predicted octanol–water partition coefficient (Wildman–Crippen LogP) is 5.93. The number of aromatic nitrogens is 3. The van der Waals surface area contributed by atoms with E-state index in [2.05, 4.69) is 58.7 Å². The predicted molar refractivity (Wildman–Crippen MR) is 146 cm³/mol. The Morgan fingerprint density at radius 2 is 1.51 bits per heavy atom. The average molecular weight is 580 g/mol. The molecule has 0 atom stereocenters. The molecule has 0 radical (unpaired) electrons. The maximum Gasteiger partial charge on any atom is 0.269 e. The second kappa shape index (κ2) is 10.9. The van der Waals surface area contributed by atoms with E-state index in [0.717, 1.165) is 20.4 Å². The number of hydrazone groups is 1. The molecule has 1 heterocycles. The van der Waals surface area contributed by atoms with Gasteiger partial charge in [0.05, 0.1) is 11.1 Å². The second-order valence-electron chi connectivity index (χ2n) is 7.58. The summed E-state index contributed by atoms with van der Waals surface area (Å²) in [5.74, 6) is 0.768.